The van der Waals surface area contributed by atoms with Crippen LogP contribution in [0.2, 0.25) is 0 Å². The van der Waals surface area contributed by atoms with Crippen LogP contribution in [0, 0.1) is 0 Å². The monoisotopic (exact) mass is 565 g/mol. The first kappa shape index (κ1) is 32.7. The number of ether oxygens (including phenoxy) is 1. The van der Waals surface area contributed by atoms with E-state index in [1.165, 1.54) is 0 Å². The van der Waals surface area contributed by atoms with Gasteiger partial charge in [0.05, 0.1) is 32.8 Å². The van der Waals surface area contributed by atoms with E-state index in [1.807, 2.05) is 0 Å². The van der Waals surface area contributed by atoms with Gasteiger partial charge in [0.15, 0.2) is 6.29 Å². The van der Waals surface area contributed by atoms with E-state index in [9.17, 15) is 54.9 Å². The van der Waals surface area contributed by atoms with E-state index in [0.29, 0.717) is 0 Å². The van der Waals surface area contributed by atoms with E-state index < -0.39 is 61.1 Å². The van der Waals surface area contributed by atoms with E-state index >= 15 is 0 Å². The van der Waals surface area contributed by atoms with Crippen LogP contribution in [0.1, 0.15) is 0 Å². The van der Waals surface area contributed by atoms with Crippen molar-refractivity contribution in [2.24, 2.45) is 0 Å². The number of aliphatic hydroxyl groups is 4. The van der Waals surface area contributed by atoms with Gasteiger partial charge in [-0.15, -0.1) is 0 Å². The molecule has 2 heterocycles. The van der Waals surface area contributed by atoms with Crippen molar-refractivity contribution < 1.29 is 59.7 Å². The first-order chi connectivity index (χ1) is 18.4. The van der Waals surface area contributed by atoms with Crippen molar-refractivity contribution in [2.45, 2.75) is 30.6 Å². The highest BCUT2D eigenvalue weighted by molar-refractivity contribution is 5.78. The second kappa shape index (κ2) is 15.9. The third kappa shape index (κ3) is 11.3. The van der Waals surface area contributed by atoms with Crippen molar-refractivity contribution in [1.82, 2.24) is 24.9 Å². The highest BCUT2D eigenvalue weighted by Crippen LogP contribution is 2.19. The minimum Gasteiger partial charge on any atom is -0.480 e. The van der Waals surface area contributed by atoms with E-state index in [0.717, 1.165) is 0 Å². The fourth-order valence-corrected chi connectivity index (χ4v) is 4.47. The zero-order chi connectivity index (χ0) is 29.1. The van der Waals surface area contributed by atoms with Gasteiger partial charge in [-0.05, 0) is 0 Å². The Bertz CT molecular complexity index is 803. The van der Waals surface area contributed by atoms with Crippen molar-refractivity contribution in [3.8, 4) is 0 Å². The number of hydrogen-bond donors (Lipinski definition) is 8. The smallest absolute Gasteiger partial charge is 0.317 e. The lowest BCUT2D eigenvalue weighted by Crippen LogP contribution is -2.64. The molecule has 0 aromatic heterocycles. The summed E-state index contributed by atoms with van der Waals surface area (Å²) in [5.74, 6) is -3.87. The van der Waals surface area contributed by atoms with Crippen molar-refractivity contribution in [3.05, 3.63) is 0 Å². The summed E-state index contributed by atoms with van der Waals surface area (Å²) >= 11 is 0. The van der Waals surface area contributed by atoms with Gasteiger partial charge in [0, 0.05) is 52.4 Å². The van der Waals surface area contributed by atoms with Crippen LogP contribution in [0.4, 0.5) is 0 Å². The molecule has 1 amide bonds. The van der Waals surface area contributed by atoms with Crippen LogP contribution in [0.15, 0.2) is 0 Å². The second-order valence-electron chi connectivity index (χ2n) is 9.61. The lowest BCUT2D eigenvalue weighted by molar-refractivity contribution is -0.253. The van der Waals surface area contributed by atoms with Crippen LogP contribution in [-0.2, 0) is 23.9 Å². The van der Waals surface area contributed by atoms with Crippen LogP contribution < -0.4 is 5.32 Å². The highest BCUT2D eigenvalue weighted by atomic mass is 16.6. The lowest BCUT2D eigenvalue weighted by atomic mass is 9.97. The van der Waals surface area contributed by atoms with Crippen LogP contribution in [0.5, 0.6) is 0 Å². The summed E-state index contributed by atoms with van der Waals surface area (Å²) in [5, 5.41) is 69.9. The third-order valence-electron chi connectivity index (χ3n) is 6.60. The van der Waals surface area contributed by atoms with Gasteiger partial charge >= 0.3 is 17.9 Å². The predicted octanol–water partition coefficient (Wildman–Crippen LogP) is -5.62. The average molecular weight is 566 g/mol. The Morgan fingerprint density at radius 1 is 0.641 bits per heavy atom. The van der Waals surface area contributed by atoms with Crippen LogP contribution in [0.3, 0.4) is 0 Å². The van der Waals surface area contributed by atoms with Gasteiger partial charge in [-0.2, -0.15) is 0 Å². The topological polar surface area (TPSA) is 244 Å². The van der Waals surface area contributed by atoms with Crippen LogP contribution in [-0.4, -0.2) is 195 Å². The summed E-state index contributed by atoms with van der Waals surface area (Å²) in [6.45, 7) is -0.121. The molecule has 2 saturated heterocycles. The molecular weight excluding hydrogens is 526 g/mol. The Labute approximate surface area is 224 Å². The third-order valence-corrected chi connectivity index (χ3v) is 6.60. The van der Waals surface area contributed by atoms with Crippen molar-refractivity contribution in [2.75, 3.05) is 85.1 Å². The fraction of sp³-hybridized carbons (Fsp3) is 0.818. The molecule has 8 N–H and O–H groups in total. The van der Waals surface area contributed by atoms with Crippen LogP contribution in [0.25, 0.3) is 0 Å². The molecule has 0 bridgehead atoms. The molecular formula is C22H39N5O12. The number of aliphatic hydroxyl groups excluding tert-OH is 4. The molecule has 0 aromatic carbocycles. The molecule has 0 aromatic rings. The summed E-state index contributed by atoms with van der Waals surface area (Å²) in [7, 11) is 0. The number of nitrogens with zero attached hydrogens (tertiary/aromatic N) is 4. The molecule has 2 unspecified atom stereocenters. The molecule has 0 spiro atoms. The Morgan fingerprint density at radius 3 is 1.33 bits per heavy atom. The largest absolute Gasteiger partial charge is 0.480 e. The molecule has 2 rings (SSSR count). The zero-order valence-electron chi connectivity index (χ0n) is 21.5. The normalized spacial score (nSPS) is 29.2. The van der Waals surface area contributed by atoms with Gasteiger partial charge in [-0.1, -0.05) is 0 Å². The number of amides is 1. The Balaban J connectivity index is 2.12. The Hall–Kier alpha value is -2.48. The Morgan fingerprint density at radius 2 is 1.00 bits per heavy atom. The van der Waals surface area contributed by atoms with E-state index in [-0.39, 0.29) is 78.5 Å². The number of carbonyl (C=O) groups excluding carboxylic acids is 1. The Kier molecular flexibility index (Phi) is 13.4. The SMILES string of the molecule is O=C(O)CN1CCN(CC(=O)O)CCN(CC(=O)NC2[C@H](O)OC(CO)[C@@H](O)[C@H]2O)CCN(CC(=O)O)CC1. The number of hydrogen-bond acceptors (Lipinski definition) is 13. The summed E-state index contributed by atoms with van der Waals surface area (Å²) in [4.78, 5) is 53.3. The number of nitrogens with one attached hydrogen (secondary N) is 1. The molecule has 17 nitrogen and oxygen atoms in total. The van der Waals surface area contributed by atoms with Gasteiger partial charge in [0.2, 0.25) is 5.91 Å². The van der Waals surface area contributed by atoms with E-state index in [2.05, 4.69) is 5.32 Å². The number of carboxylic acids is 3. The van der Waals surface area contributed by atoms with Gasteiger partial charge in [0.25, 0.3) is 0 Å². The summed E-state index contributed by atoms with van der Waals surface area (Å²) in [6, 6.07) is -1.38. The van der Waals surface area contributed by atoms with Gasteiger partial charge in [-0.25, -0.2) is 0 Å². The van der Waals surface area contributed by atoms with Gasteiger partial charge in [-0.3, -0.25) is 38.8 Å². The number of rotatable bonds is 10. The standard InChI is InChI=1S/C22H39N5O12/c28-13-14-20(36)21(37)19(22(38)39-14)23-15(29)9-24-1-3-25(10-16(30)31)5-7-27(12-18(34)35)8-6-26(4-2-24)11-17(32)33/h14,19-22,28,36-38H,1-13H2,(H,23,29)(H,30,31)(H,32,33)(H,34,35)/t14?,19?,20-,21+,22-/m1/s1. The second-order valence-corrected chi connectivity index (χ2v) is 9.61. The molecule has 39 heavy (non-hydrogen) atoms. The fourth-order valence-electron chi connectivity index (χ4n) is 4.47. The summed E-state index contributed by atoms with van der Waals surface area (Å²) < 4.78 is 5.05. The molecule has 5 atom stereocenters. The first-order valence-corrected chi connectivity index (χ1v) is 12.5. The van der Waals surface area contributed by atoms with Gasteiger partial charge < -0.3 is 45.8 Å². The molecule has 2 aliphatic heterocycles. The quantitative estimate of drug-likeness (QED) is 0.123. The molecule has 0 radical (unpaired) electrons. The number of carboxylic acid groups (broad SMARTS) is 3. The minimum absolute atomic E-state index is 0.196. The maximum atomic E-state index is 12.8. The molecule has 224 valence electrons. The average Bonchev–Trinajstić information content (AvgIpc) is 2.84. The molecule has 2 fully saturated rings. The lowest BCUT2D eigenvalue weighted by Gasteiger charge is -2.40. The van der Waals surface area contributed by atoms with Crippen molar-refractivity contribution in [1.29, 1.82) is 0 Å². The molecule has 17 heteroatoms. The highest BCUT2D eigenvalue weighted by Gasteiger charge is 2.44. The molecule has 0 aliphatic carbocycles. The first-order valence-electron chi connectivity index (χ1n) is 12.5. The summed E-state index contributed by atoms with van der Waals surface area (Å²) in [6.07, 6.45) is -6.10. The minimum atomic E-state index is -1.69. The van der Waals surface area contributed by atoms with E-state index in [4.69, 9.17) is 4.74 Å². The molecule has 0 saturated carbocycles. The number of aliphatic carboxylic acids is 3. The van der Waals surface area contributed by atoms with Crippen LogP contribution >= 0.6 is 0 Å². The zero-order valence-corrected chi connectivity index (χ0v) is 21.5. The maximum Gasteiger partial charge on any atom is 0.317 e. The summed E-state index contributed by atoms with van der Waals surface area (Å²) in [5.41, 5.74) is 0. The van der Waals surface area contributed by atoms with Crippen molar-refractivity contribution >= 4 is 23.8 Å². The van der Waals surface area contributed by atoms with E-state index in [1.54, 1.807) is 19.6 Å². The molecule has 2 aliphatic rings. The number of carbonyl (C=O) groups is 4. The maximum absolute atomic E-state index is 12.8. The van der Waals surface area contributed by atoms with Gasteiger partial charge in [0.1, 0.15) is 24.4 Å². The predicted molar refractivity (Wildman–Crippen MR) is 131 cm³/mol. The van der Waals surface area contributed by atoms with Crippen molar-refractivity contribution in [3.63, 3.8) is 0 Å².